The molecule has 0 spiro atoms. The van der Waals surface area contributed by atoms with Gasteiger partial charge in [-0.05, 0) is 22.0 Å². The summed E-state index contributed by atoms with van der Waals surface area (Å²) in [6, 6.07) is 2.00. The molecule has 0 aliphatic carbocycles. The van der Waals surface area contributed by atoms with E-state index in [9.17, 15) is 0 Å². The molecule has 0 amide bonds. The van der Waals surface area contributed by atoms with E-state index in [2.05, 4.69) is 26.2 Å². The van der Waals surface area contributed by atoms with Gasteiger partial charge in [0.05, 0.1) is 24.9 Å². The van der Waals surface area contributed by atoms with Crippen LogP contribution in [0.15, 0.2) is 10.5 Å². The van der Waals surface area contributed by atoms with Crippen LogP contribution < -0.4 is 5.32 Å². The Morgan fingerprint density at radius 1 is 1.67 bits per heavy atom. The number of nitrogens with one attached hydrogen (secondary N) is 2. The number of ether oxygens (including phenoxy) is 1. The second kappa shape index (κ2) is 4.47. The molecule has 2 heterocycles. The number of hydrogen-bond acceptors (Lipinski definition) is 4. The van der Waals surface area contributed by atoms with Gasteiger partial charge in [-0.25, -0.2) is 4.98 Å². The van der Waals surface area contributed by atoms with Crippen LogP contribution in [-0.2, 0) is 4.74 Å². The molecule has 6 heteroatoms. The van der Waals surface area contributed by atoms with E-state index in [0.717, 1.165) is 10.2 Å². The van der Waals surface area contributed by atoms with Crippen LogP contribution in [0.3, 0.4) is 0 Å². The average molecular weight is 291 g/mol. The first-order valence-electron chi connectivity index (χ1n) is 4.41. The number of anilines is 1. The van der Waals surface area contributed by atoms with Gasteiger partial charge < -0.3 is 15.5 Å². The lowest BCUT2D eigenvalue weighted by Gasteiger charge is -2.28. The van der Waals surface area contributed by atoms with Crippen molar-refractivity contribution in [3.05, 3.63) is 21.4 Å². The maximum atomic E-state index is 7.26. The first-order valence-corrected chi connectivity index (χ1v) is 5.58. The first kappa shape index (κ1) is 10.9. The van der Waals surface area contributed by atoms with Crippen molar-refractivity contribution in [1.29, 1.82) is 5.41 Å². The minimum Gasteiger partial charge on any atom is -0.377 e. The molecule has 1 aromatic rings. The SMILES string of the molecule is N=Cc1nc(Cl)cc(Br)c1NC1COC1. The maximum absolute atomic E-state index is 7.26. The van der Waals surface area contributed by atoms with E-state index in [4.69, 9.17) is 21.7 Å². The lowest BCUT2D eigenvalue weighted by atomic mass is 10.2. The molecule has 2 rings (SSSR count). The summed E-state index contributed by atoms with van der Waals surface area (Å²) in [7, 11) is 0. The minimum atomic E-state index is 0.294. The van der Waals surface area contributed by atoms with Gasteiger partial charge in [-0.3, -0.25) is 0 Å². The molecule has 80 valence electrons. The smallest absolute Gasteiger partial charge is 0.131 e. The van der Waals surface area contributed by atoms with Crippen molar-refractivity contribution in [3.8, 4) is 0 Å². The van der Waals surface area contributed by atoms with Crippen molar-refractivity contribution in [2.45, 2.75) is 6.04 Å². The van der Waals surface area contributed by atoms with Crippen molar-refractivity contribution in [1.82, 2.24) is 4.98 Å². The third-order valence-electron chi connectivity index (χ3n) is 2.09. The highest BCUT2D eigenvalue weighted by Gasteiger charge is 2.20. The molecule has 0 atom stereocenters. The quantitative estimate of drug-likeness (QED) is 0.663. The highest BCUT2D eigenvalue weighted by atomic mass is 79.9. The Labute approximate surface area is 101 Å². The lowest BCUT2D eigenvalue weighted by Crippen LogP contribution is -2.40. The van der Waals surface area contributed by atoms with Gasteiger partial charge in [0, 0.05) is 10.7 Å². The molecule has 15 heavy (non-hydrogen) atoms. The van der Waals surface area contributed by atoms with E-state index in [0.29, 0.717) is 30.1 Å². The third kappa shape index (κ3) is 2.30. The zero-order valence-corrected chi connectivity index (χ0v) is 10.1. The van der Waals surface area contributed by atoms with Gasteiger partial charge in [0.25, 0.3) is 0 Å². The van der Waals surface area contributed by atoms with Crippen LogP contribution in [0.2, 0.25) is 5.15 Å². The summed E-state index contributed by atoms with van der Waals surface area (Å²) in [5.41, 5.74) is 1.32. The minimum absolute atomic E-state index is 0.294. The summed E-state index contributed by atoms with van der Waals surface area (Å²) in [6.07, 6.45) is 1.18. The van der Waals surface area contributed by atoms with Crippen LogP contribution in [0.4, 0.5) is 5.69 Å². The first-order chi connectivity index (χ1) is 7.20. The topological polar surface area (TPSA) is 58.0 Å². The molecular weight excluding hydrogens is 281 g/mol. The summed E-state index contributed by atoms with van der Waals surface area (Å²) in [5.74, 6) is 0. The molecule has 4 nitrogen and oxygen atoms in total. The number of halogens is 2. The molecule has 2 N–H and O–H groups in total. The summed E-state index contributed by atoms with van der Waals surface area (Å²) in [4.78, 5) is 4.05. The monoisotopic (exact) mass is 289 g/mol. The second-order valence-corrected chi connectivity index (χ2v) is 4.45. The van der Waals surface area contributed by atoms with Gasteiger partial charge in [-0.2, -0.15) is 0 Å². The molecule has 0 bridgehead atoms. The van der Waals surface area contributed by atoms with Crippen LogP contribution in [-0.4, -0.2) is 30.5 Å². The summed E-state index contributed by atoms with van der Waals surface area (Å²) >= 11 is 9.18. The van der Waals surface area contributed by atoms with Crippen LogP contribution >= 0.6 is 27.5 Å². The Morgan fingerprint density at radius 2 is 2.40 bits per heavy atom. The zero-order valence-electron chi connectivity index (χ0n) is 7.76. The molecule has 1 aromatic heterocycles. The molecule has 0 unspecified atom stereocenters. The Hall–Kier alpha value is -0.650. The van der Waals surface area contributed by atoms with Crippen molar-refractivity contribution < 1.29 is 4.74 Å². The molecular formula is C9H9BrClN3O. The van der Waals surface area contributed by atoms with Crippen LogP contribution in [0.5, 0.6) is 0 Å². The zero-order chi connectivity index (χ0) is 10.8. The fourth-order valence-corrected chi connectivity index (χ4v) is 2.14. The molecule has 0 saturated carbocycles. The van der Waals surface area contributed by atoms with E-state index in [1.54, 1.807) is 6.07 Å². The van der Waals surface area contributed by atoms with Gasteiger partial charge in [-0.1, -0.05) is 11.6 Å². The van der Waals surface area contributed by atoms with Gasteiger partial charge >= 0.3 is 0 Å². The Kier molecular flexibility index (Phi) is 3.23. The Bertz CT molecular complexity index is 395. The molecule has 1 aliphatic heterocycles. The summed E-state index contributed by atoms with van der Waals surface area (Å²) in [5, 5.41) is 10.9. The molecule has 1 aliphatic rings. The van der Waals surface area contributed by atoms with E-state index < -0.39 is 0 Å². The van der Waals surface area contributed by atoms with Gasteiger partial charge in [0.1, 0.15) is 10.8 Å². The molecule has 1 fully saturated rings. The molecule has 0 aromatic carbocycles. The number of nitrogens with zero attached hydrogens (tertiary/aromatic N) is 1. The van der Waals surface area contributed by atoms with Crippen LogP contribution in [0, 0.1) is 5.41 Å². The van der Waals surface area contributed by atoms with Crippen LogP contribution in [0.25, 0.3) is 0 Å². The lowest BCUT2D eigenvalue weighted by molar-refractivity contribution is 0.0210. The largest absolute Gasteiger partial charge is 0.377 e. The highest BCUT2D eigenvalue weighted by Crippen LogP contribution is 2.28. The Morgan fingerprint density at radius 3 is 2.93 bits per heavy atom. The average Bonchev–Trinajstić information content (AvgIpc) is 2.12. The van der Waals surface area contributed by atoms with E-state index in [1.165, 1.54) is 6.21 Å². The fourth-order valence-electron chi connectivity index (χ4n) is 1.27. The fraction of sp³-hybridized carbons (Fsp3) is 0.333. The van der Waals surface area contributed by atoms with E-state index >= 15 is 0 Å². The van der Waals surface area contributed by atoms with Crippen molar-refractivity contribution in [2.24, 2.45) is 0 Å². The maximum Gasteiger partial charge on any atom is 0.131 e. The predicted molar refractivity (Wildman–Crippen MR) is 63.1 cm³/mol. The normalized spacial score (nSPS) is 15.9. The van der Waals surface area contributed by atoms with Gasteiger partial charge in [-0.15, -0.1) is 0 Å². The molecule has 1 saturated heterocycles. The van der Waals surface area contributed by atoms with Crippen LogP contribution in [0.1, 0.15) is 5.69 Å². The van der Waals surface area contributed by atoms with E-state index in [-0.39, 0.29) is 0 Å². The predicted octanol–water partition coefficient (Wildman–Crippen LogP) is 2.31. The van der Waals surface area contributed by atoms with Gasteiger partial charge in [0.2, 0.25) is 0 Å². The van der Waals surface area contributed by atoms with E-state index in [1.807, 2.05) is 0 Å². The third-order valence-corrected chi connectivity index (χ3v) is 2.91. The number of aromatic nitrogens is 1. The Balaban J connectivity index is 2.30. The highest BCUT2D eigenvalue weighted by molar-refractivity contribution is 9.10. The second-order valence-electron chi connectivity index (χ2n) is 3.21. The summed E-state index contributed by atoms with van der Waals surface area (Å²) in [6.45, 7) is 1.37. The molecule has 0 radical (unpaired) electrons. The van der Waals surface area contributed by atoms with Crippen molar-refractivity contribution in [2.75, 3.05) is 18.5 Å². The van der Waals surface area contributed by atoms with Crippen molar-refractivity contribution >= 4 is 39.4 Å². The number of rotatable bonds is 3. The number of pyridine rings is 1. The van der Waals surface area contributed by atoms with Gasteiger partial charge in [0.15, 0.2) is 0 Å². The van der Waals surface area contributed by atoms with Crippen molar-refractivity contribution in [3.63, 3.8) is 0 Å². The number of hydrogen-bond donors (Lipinski definition) is 2. The standard InChI is InChI=1S/C9H9BrClN3O/c10-6-1-8(11)14-7(2-12)9(6)13-5-3-15-4-5/h1-2,5,12-13H,3-4H2. The summed E-state index contributed by atoms with van der Waals surface area (Å²) < 4.78 is 5.88.